The van der Waals surface area contributed by atoms with Gasteiger partial charge in [-0.25, -0.2) is 0 Å². The van der Waals surface area contributed by atoms with Gasteiger partial charge in [-0.2, -0.15) is 8.42 Å². The molecule has 0 saturated heterocycles. The van der Waals surface area contributed by atoms with Gasteiger partial charge in [0.2, 0.25) is 0 Å². The molecule has 0 amide bonds. The first-order chi connectivity index (χ1) is 19.5. The second kappa shape index (κ2) is 18.4. The molecule has 1 aliphatic heterocycles. The van der Waals surface area contributed by atoms with Crippen LogP contribution in [0, 0.1) is 0 Å². The third-order valence-electron chi connectivity index (χ3n) is 8.31. The van der Waals surface area contributed by atoms with Crippen LogP contribution >= 0.6 is 0 Å². The molecule has 0 aromatic heterocycles. The highest BCUT2D eigenvalue weighted by Gasteiger charge is 2.32. The molecule has 6 heteroatoms. The van der Waals surface area contributed by atoms with E-state index < -0.39 is 10.1 Å². The molecule has 0 spiro atoms. The molecule has 0 fully saturated rings. The van der Waals surface area contributed by atoms with Crippen molar-refractivity contribution in [2.24, 2.45) is 0 Å². The van der Waals surface area contributed by atoms with Crippen LogP contribution < -0.4 is 10.2 Å². The van der Waals surface area contributed by atoms with Crippen LogP contribution in [-0.4, -0.2) is 19.1 Å². The summed E-state index contributed by atoms with van der Waals surface area (Å²) in [5.41, 5.74) is 2.54. The Morgan fingerprint density at radius 1 is 0.675 bits per heavy atom. The number of hydrogen-bond donors (Lipinski definition) is 2. The van der Waals surface area contributed by atoms with Gasteiger partial charge in [-0.05, 0) is 30.5 Å². The van der Waals surface area contributed by atoms with E-state index in [4.69, 9.17) is 0 Å². The minimum absolute atomic E-state index is 0.0131. The minimum Gasteiger partial charge on any atom is -0.362 e. The van der Waals surface area contributed by atoms with Gasteiger partial charge < -0.3 is 10.2 Å². The number of hydrogen-bond acceptors (Lipinski definition) is 4. The lowest BCUT2D eigenvalue weighted by atomic mass is 10.0. The average molecular weight is 571 g/mol. The Morgan fingerprint density at radius 2 is 1.18 bits per heavy atom. The van der Waals surface area contributed by atoms with E-state index in [-0.39, 0.29) is 11.1 Å². The van der Waals surface area contributed by atoms with Crippen LogP contribution in [0.1, 0.15) is 134 Å². The van der Waals surface area contributed by atoms with Gasteiger partial charge in [0.1, 0.15) is 4.90 Å². The predicted molar refractivity (Wildman–Crippen MR) is 170 cm³/mol. The normalized spacial score (nSPS) is 14.8. The zero-order chi connectivity index (χ0) is 28.5. The first kappa shape index (κ1) is 32.5. The number of nitrogens with one attached hydrogen (secondary N) is 1. The molecular formula is C34H54N2O3S. The molecule has 0 aliphatic carbocycles. The summed E-state index contributed by atoms with van der Waals surface area (Å²) in [5, 5.41) is 3.42. The number of fused-ring (bicyclic) bond motifs is 1. The predicted octanol–water partition coefficient (Wildman–Crippen LogP) is 10.1. The average Bonchev–Trinajstić information content (AvgIpc) is 3.29. The fraction of sp³-hybridized carbons (Fsp3) is 0.647. The van der Waals surface area contributed by atoms with E-state index in [0.29, 0.717) is 12.2 Å². The van der Waals surface area contributed by atoms with Crippen molar-refractivity contribution in [2.75, 3.05) is 10.2 Å². The van der Waals surface area contributed by atoms with Crippen molar-refractivity contribution in [1.82, 2.24) is 0 Å². The second-order valence-corrected chi connectivity index (χ2v) is 13.1. The summed E-state index contributed by atoms with van der Waals surface area (Å²) < 4.78 is 33.8. The summed E-state index contributed by atoms with van der Waals surface area (Å²) in [7, 11) is -4.29. The van der Waals surface area contributed by atoms with Crippen LogP contribution in [0.5, 0.6) is 0 Å². The van der Waals surface area contributed by atoms with Gasteiger partial charge in [0.05, 0.1) is 17.5 Å². The minimum atomic E-state index is -4.29. The van der Waals surface area contributed by atoms with Gasteiger partial charge in [0, 0.05) is 6.54 Å². The van der Waals surface area contributed by atoms with Crippen molar-refractivity contribution in [3.8, 4) is 0 Å². The van der Waals surface area contributed by atoms with Crippen molar-refractivity contribution in [1.29, 1.82) is 0 Å². The van der Waals surface area contributed by atoms with E-state index in [1.807, 2.05) is 24.3 Å². The van der Waals surface area contributed by atoms with E-state index in [2.05, 4.69) is 29.3 Å². The lowest BCUT2D eigenvalue weighted by molar-refractivity contribution is 0.483. The number of para-hydroxylation sites is 1. The Kier molecular flexibility index (Phi) is 14.9. The Bertz CT molecular complexity index is 1060. The van der Waals surface area contributed by atoms with Gasteiger partial charge in [-0.15, -0.1) is 0 Å². The summed E-state index contributed by atoms with van der Waals surface area (Å²) in [5.74, 6) is 0. The molecule has 0 bridgehead atoms. The van der Waals surface area contributed by atoms with E-state index in [1.54, 1.807) is 6.07 Å². The Hall–Kier alpha value is -2.05. The van der Waals surface area contributed by atoms with E-state index in [0.717, 1.165) is 18.5 Å². The third kappa shape index (κ3) is 11.4. The number of benzene rings is 2. The standard InChI is InChI=1S/C34H54N2O3S/c1-2-3-4-5-6-7-8-9-10-11-12-13-14-15-16-17-18-22-28-33-35-34-31(26-23-27-32(34)40(37,38)39)36(33)29-30-24-20-19-21-25-30/h19-21,23-27,33,35H,2-18,22,28-29H2,1H3,(H,37,38,39). The third-order valence-corrected chi connectivity index (χ3v) is 9.20. The number of unbranched alkanes of at least 4 members (excludes halogenated alkanes) is 17. The molecular weight excluding hydrogens is 516 g/mol. The first-order valence-electron chi connectivity index (χ1n) is 16.2. The zero-order valence-electron chi connectivity index (χ0n) is 25.0. The van der Waals surface area contributed by atoms with E-state index in [1.165, 1.54) is 121 Å². The molecule has 5 nitrogen and oxygen atoms in total. The highest BCUT2D eigenvalue weighted by molar-refractivity contribution is 7.86. The van der Waals surface area contributed by atoms with Gasteiger partial charge in [0.15, 0.2) is 0 Å². The smallest absolute Gasteiger partial charge is 0.296 e. The van der Waals surface area contributed by atoms with Crippen molar-refractivity contribution in [2.45, 2.75) is 147 Å². The summed E-state index contributed by atoms with van der Waals surface area (Å²) in [4.78, 5) is 2.20. The molecule has 0 radical (unpaired) electrons. The van der Waals surface area contributed by atoms with Crippen molar-refractivity contribution >= 4 is 21.5 Å². The van der Waals surface area contributed by atoms with Crippen molar-refractivity contribution < 1.29 is 13.0 Å². The lowest BCUT2D eigenvalue weighted by Gasteiger charge is -2.27. The van der Waals surface area contributed by atoms with Crippen LogP contribution in [0.3, 0.4) is 0 Å². The van der Waals surface area contributed by atoms with Crippen LogP contribution in [0.2, 0.25) is 0 Å². The Morgan fingerprint density at radius 3 is 1.68 bits per heavy atom. The van der Waals surface area contributed by atoms with Crippen LogP contribution in [-0.2, 0) is 16.7 Å². The lowest BCUT2D eigenvalue weighted by Crippen LogP contribution is -2.35. The maximum absolute atomic E-state index is 12.0. The van der Waals surface area contributed by atoms with Crippen LogP contribution in [0.25, 0.3) is 0 Å². The summed E-state index contributed by atoms with van der Waals surface area (Å²) in [6.45, 7) is 2.98. The molecule has 40 heavy (non-hydrogen) atoms. The van der Waals surface area contributed by atoms with E-state index in [9.17, 15) is 13.0 Å². The highest BCUT2D eigenvalue weighted by Crippen LogP contribution is 2.41. The largest absolute Gasteiger partial charge is 0.362 e. The van der Waals surface area contributed by atoms with Crippen molar-refractivity contribution in [3.63, 3.8) is 0 Å². The van der Waals surface area contributed by atoms with Gasteiger partial charge in [0.25, 0.3) is 10.1 Å². The first-order valence-corrected chi connectivity index (χ1v) is 17.6. The fourth-order valence-corrected chi connectivity index (χ4v) is 6.65. The molecule has 3 rings (SSSR count). The molecule has 224 valence electrons. The molecule has 0 saturated carbocycles. The molecule has 1 heterocycles. The zero-order valence-corrected chi connectivity index (χ0v) is 25.8. The molecule has 2 aromatic rings. The van der Waals surface area contributed by atoms with Crippen LogP contribution in [0.15, 0.2) is 53.4 Å². The molecule has 2 N–H and O–H groups in total. The van der Waals surface area contributed by atoms with Gasteiger partial charge in [-0.3, -0.25) is 4.55 Å². The van der Waals surface area contributed by atoms with Gasteiger partial charge >= 0.3 is 0 Å². The molecule has 2 aromatic carbocycles. The maximum Gasteiger partial charge on any atom is 0.296 e. The number of rotatable bonds is 22. The molecule has 1 aliphatic rings. The summed E-state index contributed by atoms with van der Waals surface area (Å²) >= 11 is 0. The Labute approximate surface area is 244 Å². The monoisotopic (exact) mass is 570 g/mol. The summed E-state index contributed by atoms with van der Waals surface area (Å²) in [6, 6.07) is 15.4. The second-order valence-electron chi connectivity index (χ2n) is 11.7. The van der Waals surface area contributed by atoms with E-state index >= 15 is 0 Å². The number of anilines is 2. The maximum atomic E-state index is 12.0. The Balaban J connectivity index is 1.28. The van der Waals surface area contributed by atoms with Crippen LogP contribution in [0.4, 0.5) is 11.4 Å². The van der Waals surface area contributed by atoms with Crippen molar-refractivity contribution in [3.05, 3.63) is 54.1 Å². The van der Waals surface area contributed by atoms with Gasteiger partial charge in [-0.1, -0.05) is 152 Å². The fourth-order valence-electron chi connectivity index (χ4n) is 5.97. The summed E-state index contributed by atoms with van der Waals surface area (Å²) in [6.07, 6.45) is 25.4. The quantitative estimate of drug-likeness (QED) is 0.109. The molecule has 1 unspecified atom stereocenters. The molecule has 1 atom stereocenters. The topological polar surface area (TPSA) is 69.6 Å². The SMILES string of the molecule is CCCCCCCCCCCCCCCCCCCCC1Nc2c(cccc2S(=O)(=O)O)N1Cc1ccccc1. The number of nitrogens with zero attached hydrogens (tertiary/aromatic N) is 1. The highest BCUT2D eigenvalue weighted by atomic mass is 32.2.